The van der Waals surface area contributed by atoms with Crippen molar-refractivity contribution in [3.8, 4) is 0 Å². The maximum absolute atomic E-state index is 12.8. The van der Waals surface area contributed by atoms with E-state index in [0.717, 1.165) is 16.9 Å². The van der Waals surface area contributed by atoms with E-state index >= 15 is 0 Å². The van der Waals surface area contributed by atoms with Gasteiger partial charge in [0.2, 0.25) is 0 Å². The first-order valence-corrected chi connectivity index (χ1v) is 8.67. The number of nitrogens with one attached hydrogen (secondary N) is 1. The van der Waals surface area contributed by atoms with Crippen LogP contribution in [0.4, 0.5) is 11.4 Å². The summed E-state index contributed by atoms with van der Waals surface area (Å²) in [5, 5.41) is 2.63. The molecule has 1 heterocycles. The lowest BCUT2D eigenvalue weighted by atomic mass is 10.1. The molecule has 7 heteroatoms. The maximum Gasteiger partial charge on any atom is 0.337 e. The fourth-order valence-corrected chi connectivity index (χ4v) is 2.93. The number of carbonyl (C=O) groups is 3. The number of ether oxygens (including phenoxy) is 1. The van der Waals surface area contributed by atoms with Gasteiger partial charge in [-0.1, -0.05) is 36.7 Å². The number of hydrogen-bond acceptors (Lipinski definition) is 5. The zero-order valence-electron chi connectivity index (χ0n) is 14.8. The number of imide groups is 1. The second-order valence-electron chi connectivity index (χ2n) is 5.85. The number of benzene rings is 2. The van der Waals surface area contributed by atoms with Crippen LogP contribution in [-0.2, 0) is 20.7 Å². The minimum atomic E-state index is -0.600. The molecule has 2 aromatic rings. The SMILES string of the molecule is CCc1ccc(N2C(=O)C(Cl)=C(Nc3cccc(C(=O)OC)c3)C2=O)cc1. The number of nitrogens with zero attached hydrogens (tertiary/aromatic N) is 1. The van der Waals surface area contributed by atoms with E-state index in [1.54, 1.807) is 30.3 Å². The van der Waals surface area contributed by atoms with Gasteiger partial charge in [-0.15, -0.1) is 0 Å². The Labute approximate surface area is 161 Å². The van der Waals surface area contributed by atoms with Crippen LogP contribution in [0.5, 0.6) is 0 Å². The van der Waals surface area contributed by atoms with Gasteiger partial charge >= 0.3 is 5.97 Å². The third-order valence-electron chi connectivity index (χ3n) is 4.18. The van der Waals surface area contributed by atoms with E-state index in [-0.39, 0.29) is 10.7 Å². The standard InChI is InChI=1S/C20H17ClN2O4/c1-3-12-7-9-15(10-8-12)23-18(24)16(21)17(19(23)25)22-14-6-4-5-13(11-14)20(26)27-2/h4-11,22H,3H2,1-2H3. The molecule has 6 nitrogen and oxygen atoms in total. The largest absolute Gasteiger partial charge is 0.465 e. The highest BCUT2D eigenvalue weighted by Gasteiger charge is 2.38. The number of aryl methyl sites for hydroxylation is 1. The normalized spacial score (nSPS) is 14.0. The first kappa shape index (κ1) is 18.7. The molecule has 1 aliphatic heterocycles. The number of amides is 2. The molecule has 3 rings (SSSR count). The van der Waals surface area contributed by atoms with E-state index in [9.17, 15) is 14.4 Å². The third-order valence-corrected chi connectivity index (χ3v) is 4.53. The second-order valence-corrected chi connectivity index (χ2v) is 6.23. The molecule has 1 aliphatic rings. The highest BCUT2D eigenvalue weighted by atomic mass is 35.5. The summed E-state index contributed by atoms with van der Waals surface area (Å²) in [5.74, 6) is -1.67. The highest BCUT2D eigenvalue weighted by Crippen LogP contribution is 2.30. The van der Waals surface area contributed by atoms with Crippen molar-refractivity contribution in [2.24, 2.45) is 0 Å². The minimum Gasteiger partial charge on any atom is -0.465 e. The van der Waals surface area contributed by atoms with Crippen LogP contribution < -0.4 is 10.2 Å². The highest BCUT2D eigenvalue weighted by molar-refractivity contribution is 6.53. The Bertz CT molecular complexity index is 951. The molecular weight excluding hydrogens is 368 g/mol. The predicted octanol–water partition coefficient (Wildman–Crippen LogP) is 3.47. The molecule has 0 aliphatic carbocycles. The van der Waals surface area contributed by atoms with Gasteiger partial charge in [0.1, 0.15) is 10.7 Å². The zero-order chi connectivity index (χ0) is 19.6. The second kappa shape index (κ2) is 7.63. The van der Waals surface area contributed by atoms with E-state index in [1.165, 1.54) is 13.2 Å². The molecule has 27 heavy (non-hydrogen) atoms. The molecule has 1 N–H and O–H groups in total. The average molecular weight is 385 g/mol. The van der Waals surface area contributed by atoms with Crippen molar-refractivity contribution < 1.29 is 19.1 Å². The molecule has 0 spiro atoms. The lowest BCUT2D eigenvalue weighted by molar-refractivity contribution is -0.120. The van der Waals surface area contributed by atoms with Crippen molar-refractivity contribution in [1.82, 2.24) is 0 Å². The summed E-state index contributed by atoms with van der Waals surface area (Å²) in [7, 11) is 1.28. The molecule has 0 saturated heterocycles. The Kier molecular flexibility index (Phi) is 5.28. The van der Waals surface area contributed by atoms with Gasteiger partial charge in [0.15, 0.2) is 0 Å². The number of anilines is 2. The molecule has 0 saturated carbocycles. The van der Waals surface area contributed by atoms with Gasteiger partial charge in [0.05, 0.1) is 18.4 Å². The van der Waals surface area contributed by atoms with Gasteiger partial charge in [0, 0.05) is 5.69 Å². The molecule has 138 valence electrons. The Morgan fingerprint density at radius 1 is 1.11 bits per heavy atom. The van der Waals surface area contributed by atoms with E-state index in [1.807, 2.05) is 19.1 Å². The van der Waals surface area contributed by atoms with Crippen molar-refractivity contribution >= 4 is 40.8 Å². The number of methoxy groups -OCH3 is 1. The van der Waals surface area contributed by atoms with Crippen LogP contribution in [0.15, 0.2) is 59.3 Å². The first-order chi connectivity index (χ1) is 13.0. The molecule has 0 bridgehead atoms. The Balaban J connectivity index is 1.87. The topological polar surface area (TPSA) is 75.7 Å². The molecule has 0 aromatic heterocycles. The van der Waals surface area contributed by atoms with Crippen molar-refractivity contribution in [1.29, 1.82) is 0 Å². The van der Waals surface area contributed by atoms with Crippen LogP contribution >= 0.6 is 11.6 Å². The van der Waals surface area contributed by atoms with E-state index in [2.05, 4.69) is 10.1 Å². The number of carbonyl (C=O) groups excluding carboxylic acids is 3. The van der Waals surface area contributed by atoms with Crippen LogP contribution in [0.3, 0.4) is 0 Å². The molecule has 2 amide bonds. The Hall–Kier alpha value is -3.12. The number of halogens is 1. The van der Waals surface area contributed by atoms with E-state index < -0.39 is 17.8 Å². The summed E-state index contributed by atoms with van der Waals surface area (Å²) in [6.07, 6.45) is 0.852. The number of esters is 1. The molecule has 0 unspecified atom stereocenters. The van der Waals surface area contributed by atoms with Crippen molar-refractivity contribution in [2.75, 3.05) is 17.3 Å². The van der Waals surface area contributed by atoms with Crippen LogP contribution in [0.25, 0.3) is 0 Å². The van der Waals surface area contributed by atoms with Crippen LogP contribution in [0.1, 0.15) is 22.8 Å². The molecule has 2 aromatic carbocycles. The number of hydrogen-bond donors (Lipinski definition) is 1. The summed E-state index contributed by atoms with van der Waals surface area (Å²) in [5.41, 5.74) is 2.25. The summed E-state index contributed by atoms with van der Waals surface area (Å²) >= 11 is 6.12. The lowest BCUT2D eigenvalue weighted by Crippen LogP contribution is -2.32. The smallest absolute Gasteiger partial charge is 0.337 e. The fraction of sp³-hybridized carbons (Fsp3) is 0.150. The lowest BCUT2D eigenvalue weighted by Gasteiger charge is -2.15. The zero-order valence-corrected chi connectivity index (χ0v) is 15.5. The van der Waals surface area contributed by atoms with Gasteiger partial charge < -0.3 is 10.1 Å². The minimum absolute atomic E-state index is 0.0387. The summed E-state index contributed by atoms with van der Waals surface area (Å²) in [4.78, 5) is 37.9. The Morgan fingerprint density at radius 2 is 1.81 bits per heavy atom. The Morgan fingerprint density at radius 3 is 2.44 bits per heavy atom. The average Bonchev–Trinajstić information content (AvgIpc) is 2.91. The van der Waals surface area contributed by atoms with Gasteiger partial charge in [-0.3, -0.25) is 9.59 Å². The van der Waals surface area contributed by atoms with Crippen molar-refractivity contribution in [3.05, 3.63) is 70.4 Å². The fourth-order valence-electron chi connectivity index (χ4n) is 2.71. The summed E-state index contributed by atoms with van der Waals surface area (Å²) in [6.45, 7) is 2.02. The molecule has 0 radical (unpaired) electrons. The van der Waals surface area contributed by atoms with E-state index in [0.29, 0.717) is 16.9 Å². The van der Waals surface area contributed by atoms with Crippen LogP contribution in [-0.4, -0.2) is 24.9 Å². The first-order valence-electron chi connectivity index (χ1n) is 8.29. The van der Waals surface area contributed by atoms with Gasteiger partial charge in [0.25, 0.3) is 11.8 Å². The van der Waals surface area contributed by atoms with Gasteiger partial charge in [-0.05, 0) is 42.3 Å². The van der Waals surface area contributed by atoms with Crippen molar-refractivity contribution in [3.63, 3.8) is 0 Å². The predicted molar refractivity (Wildman–Crippen MR) is 103 cm³/mol. The third kappa shape index (κ3) is 3.57. The summed E-state index contributed by atoms with van der Waals surface area (Å²) in [6, 6.07) is 13.5. The van der Waals surface area contributed by atoms with E-state index in [4.69, 9.17) is 11.6 Å². The maximum atomic E-state index is 12.8. The monoisotopic (exact) mass is 384 g/mol. The number of rotatable bonds is 5. The van der Waals surface area contributed by atoms with Crippen molar-refractivity contribution in [2.45, 2.75) is 13.3 Å². The van der Waals surface area contributed by atoms with Crippen LogP contribution in [0.2, 0.25) is 0 Å². The van der Waals surface area contributed by atoms with Crippen LogP contribution in [0, 0.1) is 0 Å². The molecule has 0 atom stereocenters. The quantitative estimate of drug-likeness (QED) is 0.631. The van der Waals surface area contributed by atoms with Gasteiger partial charge in [-0.2, -0.15) is 0 Å². The molecule has 0 fully saturated rings. The summed E-state index contributed by atoms with van der Waals surface area (Å²) < 4.78 is 4.68. The van der Waals surface area contributed by atoms with Gasteiger partial charge in [-0.25, -0.2) is 9.69 Å². The molecular formula is C20H17ClN2O4.